The third-order valence-electron chi connectivity index (χ3n) is 3.53. The van der Waals surface area contributed by atoms with Crippen molar-refractivity contribution in [1.82, 2.24) is 4.90 Å². The van der Waals surface area contributed by atoms with Gasteiger partial charge in [-0.1, -0.05) is 12.1 Å². The third-order valence-corrected chi connectivity index (χ3v) is 3.53. The number of benzene rings is 1. The lowest BCUT2D eigenvalue weighted by atomic mass is 10.1. The number of nitrogens with zero attached hydrogens (tertiary/aromatic N) is 3. The first-order valence-corrected chi connectivity index (χ1v) is 8.07. The molecule has 6 heteroatoms. The Hall–Kier alpha value is -2.99. The fraction of sp³-hybridized carbons (Fsp3) is 0.421. The quantitative estimate of drug-likeness (QED) is 0.787. The van der Waals surface area contributed by atoms with Gasteiger partial charge in [0.2, 0.25) is 0 Å². The summed E-state index contributed by atoms with van der Waals surface area (Å²) in [6.07, 6.45) is 1.86. The summed E-state index contributed by atoms with van der Waals surface area (Å²) in [5.41, 5.74) is 0.301. The molecule has 0 bridgehead atoms. The average molecular weight is 339 g/mol. The van der Waals surface area contributed by atoms with Crippen LogP contribution in [0.4, 0.5) is 4.79 Å². The van der Waals surface area contributed by atoms with Gasteiger partial charge in [0.15, 0.2) is 0 Å². The second kappa shape index (κ2) is 7.72. The maximum Gasteiger partial charge on any atom is 0.410 e. The van der Waals surface area contributed by atoms with Crippen molar-refractivity contribution in [2.75, 3.05) is 13.1 Å². The first kappa shape index (κ1) is 18.4. The van der Waals surface area contributed by atoms with Crippen LogP contribution in [-0.4, -0.2) is 35.8 Å². The zero-order chi connectivity index (χ0) is 18.4. The highest BCUT2D eigenvalue weighted by Gasteiger charge is 2.30. The molecule has 2 rings (SSSR count). The van der Waals surface area contributed by atoms with Crippen LogP contribution >= 0.6 is 0 Å². The van der Waals surface area contributed by atoms with Crippen molar-refractivity contribution in [2.24, 2.45) is 0 Å². The molecule has 1 amide bonds. The van der Waals surface area contributed by atoms with Crippen LogP contribution in [0, 0.1) is 22.7 Å². The molecular formula is C19H21N3O3. The van der Waals surface area contributed by atoms with E-state index in [1.165, 1.54) is 6.08 Å². The second-order valence-corrected chi connectivity index (χ2v) is 6.81. The van der Waals surface area contributed by atoms with E-state index in [1.807, 2.05) is 32.9 Å². The van der Waals surface area contributed by atoms with Gasteiger partial charge in [-0.25, -0.2) is 4.79 Å². The number of hydrogen-bond donors (Lipinski definition) is 0. The minimum atomic E-state index is -0.509. The van der Waals surface area contributed by atoms with E-state index in [-0.39, 0.29) is 17.8 Å². The Labute approximate surface area is 147 Å². The highest BCUT2D eigenvalue weighted by Crippen LogP contribution is 2.21. The summed E-state index contributed by atoms with van der Waals surface area (Å²) in [4.78, 5) is 13.7. The van der Waals surface area contributed by atoms with E-state index in [0.29, 0.717) is 18.8 Å². The molecule has 0 N–H and O–H groups in total. The van der Waals surface area contributed by atoms with Crippen molar-refractivity contribution < 1.29 is 14.3 Å². The molecule has 1 aliphatic rings. The Morgan fingerprint density at radius 3 is 2.44 bits per heavy atom. The van der Waals surface area contributed by atoms with Crippen LogP contribution in [0.2, 0.25) is 0 Å². The van der Waals surface area contributed by atoms with Crippen molar-refractivity contribution in [2.45, 2.75) is 38.9 Å². The SMILES string of the molecule is CC(C)(C)OC(=O)N1CCC(Oc2ccc(C=C(C#N)C#N)cc2)C1. The summed E-state index contributed by atoms with van der Waals surface area (Å²) in [6, 6.07) is 10.8. The molecule has 0 radical (unpaired) electrons. The number of likely N-dealkylation sites (tertiary alicyclic amines) is 1. The maximum atomic E-state index is 12.1. The molecule has 1 aliphatic heterocycles. The Balaban J connectivity index is 1.92. The van der Waals surface area contributed by atoms with E-state index >= 15 is 0 Å². The number of nitriles is 2. The molecule has 1 fully saturated rings. The fourth-order valence-electron chi connectivity index (χ4n) is 2.41. The maximum absolute atomic E-state index is 12.1. The van der Waals surface area contributed by atoms with Gasteiger partial charge in [0.25, 0.3) is 0 Å². The van der Waals surface area contributed by atoms with Crippen LogP contribution in [0.1, 0.15) is 32.8 Å². The van der Waals surface area contributed by atoms with Crippen molar-refractivity contribution in [1.29, 1.82) is 10.5 Å². The largest absolute Gasteiger partial charge is 0.489 e. The van der Waals surface area contributed by atoms with Gasteiger partial charge in [-0.2, -0.15) is 10.5 Å². The van der Waals surface area contributed by atoms with Gasteiger partial charge in [-0.05, 0) is 44.5 Å². The Bertz CT molecular complexity index is 717. The smallest absolute Gasteiger partial charge is 0.410 e. The van der Waals surface area contributed by atoms with E-state index < -0.39 is 5.60 Å². The molecule has 1 aromatic rings. The van der Waals surface area contributed by atoms with Gasteiger partial charge in [0, 0.05) is 13.0 Å². The fourth-order valence-corrected chi connectivity index (χ4v) is 2.41. The van der Waals surface area contributed by atoms with Crippen molar-refractivity contribution >= 4 is 12.2 Å². The van der Waals surface area contributed by atoms with Gasteiger partial charge in [-0.3, -0.25) is 0 Å². The molecule has 1 saturated heterocycles. The molecule has 0 aromatic heterocycles. The first-order chi connectivity index (χ1) is 11.8. The topological polar surface area (TPSA) is 86.3 Å². The van der Waals surface area contributed by atoms with Gasteiger partial charge in [0.05, 0.1) is 6.54 Å². The highest BCUT2D eigenvalue weighted by molar-refractivity contribution is 5.68. The molecule has 0 spiro atoms. The van der Waals surface area contributed by atoms with Gasteiger partial charge in [0.1, 0.15) is 35.2 Å². The third kappa shape index (κ3) is 5.54. The number of ether oxygens (including phenoxy) is 2. The van der Waals surface area contributed by atoms with Gasteiger partial charge in [-0.15, -0.1) is 0 Å². The first-order valence-electron chi connectivity index (χ1n) is 8.07. The van der Waals surface area contributed by atoms with E-state index in [9.17, 15) is 4.79 Å². The predicted octanol–water partition coefficient (Wildman–Crippen LogP) is 3.51. The van der Waals surface area contributed by atoms with E-state index in [2.05, 4.69) is 0 Å². The van der Waals surface area contributed by atoms with Gasteiger partial charge >= 0.3 is 6.09 Å². The molecule has 25 heavy (non-hydrogen) atoms. The van der Waals surface area contributed by atoms with E-state index in [0.717, 1.165) is 12.0 Å². The van der Waals surface area contributed by atoms with E-state index in [1.54, 1.807) is 29.2 Å². The predicted molar refractivity (Wildman–Crippen MR) is 92.5 cm³/mol. The molecule has 1 heterocycles. The Kier molecular flexibility index (Phi) is 5.67. The molecule has 0 saturated carbocycles. The number of hydrogen-bond acceptors (Lipinski definition) is 5. The van der Waals surface area contributed by atoms with Gasteiger partial charge < -0.3 is 14.4 Å². The van der Waals surface area contributed by atoms with Crippen LogP contribution in [0.15, 0.2) is 29.8 Å². The summed E-state index contributed by atoms with van der Waals surface area (Å²) in [6.45, 7) is 6.62. The lowest BCUT2D eigenvalue weighted by Crippen LogP contribution is -2.36. The summed E-state index contributed by atoms with van der Waals surface area (Å²) < 4.78 is 11.3. The van der Waals surface area contributed by atoms with Crippen LogP contribution in [0.3, 0.4) is 0 Å². The van der Waals surface area contributed by atoms with Crippen LogP contribution in [0.25, 0.3) is 6.08 Å². The van der Waals surface area contributed by atoms with Crippen LogP contribution in [0.5, 0.6) is 5.75 Å². The molecule has 6 nitrogen and oxygen atoms in total. The summed E-state index contributed by atoms with van der Waals surface area (Å²) in [7, 11) is 0. The lowest BCUT2D eigenvalue weighted by Gasteiger charge is -2.24. The van der Waals surface area contributed by atoms with Crippen LogP contribution in [-0.2, 0) is 4.74 Å². The van der Waals surface area contributed by atoms with Crippen molar-refractivity contribution in [3.05, 3.63) is 35.4 Å². The molecule has 1 unspecified atom stereocenters. The molecule has 0 aliphatic carbocycles. The number of allylic oxidation sites excluding steroid dienone is 1. The summed E-state index contributed by atoms with van der Waals surface area (Å²) in [5, 5.41) is 17.5. The zero-order valence-corrected chi connectivity index (χ0v) is 14.7. The monoisotopic (exact) mass is 339 g/mol. The number of carbonyl (C=O) groups excluding carboxylic acids is 1. The average Bonchev–Trinajstić information content (AvgIpc) is 3.01. The molecule has 1 aromatic carbocycles. The summed E-state index contributed by atoms with van der Waals surface area (Å²) >= 11 is 0. The Morgan fingerprint density at radius 2 is 1.88 bits per heavy atom. The molecule has 1 atom stereocenters. The Morgan fingerprint density at radius 1 is 1.24 bits per heavy atom. The lowest BCUT2D eigenvalue weighted by molar-refractivity contribution is 0.0275. The van der Waals surface area contributed by atoms with E-state index in [4.69, 9.17) is 20.0 Å². The summed E-state index contributed by atoms with van der Waals surface area (Å²) in [5.74, 6) is 0.684. The second-order valence-electron chi connectivity index (χ2n) is 6.81. The standard InChI is InChI=1S/C19H21N3O3/c1-19(2,3)25-18(23)22-9-8-17(13-22)24-16-6-4-14(5-7-16)10-15(11-20)12-21/h4-7,10,17H,8-9,13H2,1-3H3. The molecule has 130 valence electrons. The zero-order valence-electron chi connectivity index (χ0n) is 14.7. The van der Waals surface area contributed by atoms with Crippen molar-refractivity contribution in [3.63, 3.8) is 0 Å². The van der Waals surface area contributed by atoms with Crippen molar-refractivity contribution in [3.8, 4) is 17.9 Å². The normalized spacial score (nSPS) is 16.5. The minimum absolute atomic E-state index is 0.0532. The molecular weight excluding hydrogens is 318 g/mol. The number of carbonyl (C=O) groups is 1. The highest BCUT2D eigenvalue weighted by atomic mass is 16.6. The minimum Gasteiger partial charge on any atom is -0.489 e. The number of rotatable bonds is 3. The number of amides is 1. The van der Waals surface area contributed by atoms with Crippen LogP contribution < -0.4 is 4.74 Å².